The summed E-state index contributed by atoms with van der Waals surface area (Å²) in [6, 6.07) is 6.98. The van der Waals surface area contributed by atoms with Crippen LogP contribution < -0.4 is 15.0 Å². The van der Waals surface area contributed by atoms with Gasteiger partial charge in [-0.15, -0.1) is 5.10 Å². The Balaban J connectivity index is 1.29. The molecule has 2 aliphatic rings. The molecule has 1 N–H and O–H groups in total. The van der Waals surface area contributed by atoms with Crippen molar-refractivity contribution in [2.24, 2.45) is 18.9 Å². The summed E-state index contributed by atoms with van der Waals surface area (Å²) in [7, 11) is 1.73. The first-order valence-electron chi connectivity index (χ1n) is 10.3. The van der Waals surface area contributed by atoms with Crippen molar-refractivity contribution in [3.05, 3.63) is 47.1 Å². The maximum Gasteiger partial charge on any atom is 0.321 e. The number of aryl methyl sites for hydroxylation is 2. The van der Waals surface area contributed by atoms with E-state index in [1.54, 1.807) is 19.4 Å². The average Bonchev–Trinajstić information content (AvgIpc) is 3.19. The van der Waals surface area contributed by atoms with Crippen molar-refractivity contribution in [3.63, 3.8) is 0 Å². The fourth-order valence-electron chi connectivity index (χ4n) is 4.59. The number of halogens is 2. The summed E-state index contributed by atoms with van der Waals surface area (Å²) in [6.45, 7) is 3.84. The number of ether oxygens (including phenoxy) is 1. The van der Waals surface area contributed by atoms with Crippen LogP contribution in [0, 0.1) is 24.6 Å². The van der Waals surface area contributed by atoms with Gasteiger partial charge in [-0.05, 0) is 43.7 Å². The summed E-state index contributed by atoms with van der Waals surface area (Å²) in [5, 5.41) is 7.87. The molecular formula is C21H23ClFN7O. The largest absolute Gasteiger partial charge is 0.423 e. The van der Waals surface area contributed by atoms with E-state index in [0.29, 0.717) is 17.8 Å². The molecule has 10 heteroatoms. The molecule has 3 heterocycles. The number of piperidine rings is 1. The Kier molecular flexibility index (Phi) is 5.13. The van der Waals surface area contributed by atoms with Crippen molar-refractivity contribution in [3.8, 4) is 11.8 Å². The van der Waals surface area contributed by atoms with E-state index in [1.807, 2.05) is 13.0 Å². The molecule has 2 unspecified atom stereocenters. The van der Waals surface area contributed by atoms with Gasteiger partial charge in [0.05, 0.1) is 0 Å². The van der Waals surface area contributed by atoms with Gasteiger partial charge in [-0.1, -0.05) is 17.7 Å². The van der Waals surface area contributed by atoms with Gasteiger partial charge in [0.2, 0.25) is 5.95 Å². The Hall–Kier alpha value is -2.94. The fraction of sp³-hybridized carbons (Fsp3) is 0.429. The van der Waals surface area contributed by atoms with Crippen molar-refractivity contribution in [2.45, 2.75) is 25.8 Å². The molecule has 1 aliphatic carbocycles. The highest BCUT2D eigenvalue weighted by atomic mass is 35.5. The van der Waals surface area contributed by atoms with Crippen LogP contribution in [-0.4, -0.2) is 43.9 Å². The molecule has 2 atom stereocenters. The average molecular weight is 444 g/mol. The van der Waals surface area contributed by atoms with Gasteiger partial charge in [0.15, 0.2) is 5.75 Å². The van der Waals surface area contributed by atoms with Crippen LogP contribution in [0.3, 0.4) is 0 Å². The predicted molar refractivity (Wildman–Crippen MR) is 115 cm³/mol. The predicted octanol–water partition coefficient (Wildman–Crippen LogP) is 3.83. The van der Waals surface area contributed by atoms with Gasteiger partial charge < -0.3 is 15.0 Å². The van der Waals surface area contributed by atoms with Crippen LogP contribution in [0.15, 0.2) is 30.6 Å². The van der Waals surface area contributed by atoms with Crippen molar-refractivity contribution in [2.75, 3.05) is 23.3 Å². The van der Waals surface area contributed by atoms with E-state index in [0.717, 1.165) is 37.4 Å². The Bertz CT molecular complexity index is 1090. The Morgan fingerprint density at radius 1 is 1.19 bits per heavy atom. The second-order valence-corrected chi connectivity index (χ2v) is 8.56. The van der Waals surface area contributed by atoms with Crippen LogP contribution in [0.4, 0.5) is 16.2 Å². The van der Waals surface area contributed by atoms with Gasteiger partial charge in [-0.25, -0.2) is 19.0 Å². The zero-order chi connectivity index (χ0) is 21.5. The monoisotopic (exact) mass is 443 g/mol. The van der Waals surface area contributed by atoms with Crippen LogP contribution in [-0.2, 0) is 7.05 Å². The number of hydrogen-bond acceptors (Lipinski definition) is 7. The lowest BCUT2D eigenvalue weighted by atomic mass is 9.92. The van der Waals surface area contributed by atoms with Crippen LogP contribution in [0.25, 0.3) is 0 Å². The Morgan fingerprint density at radius 3 is 2.71 bits per heavy atom. The molecule has 2 fully saturated rings. The van der Waals surface area contributed by atoms with Crippen molar-refractivity contribution in [1.29, 1.82) is 0 Å². The topological polar surface area (TPSA) is 81.0 Å². The van der Waals surface area contributed by atoms with E-state index >= 15 is 0 Å². The zero-order valence-corrected chi connectivity index (χ0v) is 18.1. The summed E-state index contributed by atoms with van der Waals surface area (Å²) in [5.41, 5.74) is 0.973. The molecule has 2 bridgehead atoms. The molecule has 0 amide bonds. The van der Waals surface area contributed by atoms with Crippen LogP contribution in [0.1, 0.15) is 18.5 Å². The molecule has 31 heavy (non-hydrogen) atoms. The first kappa shape index (κ1) is 20.0. The smallest absolute Gasteiger partial charge is 0.321 e. The van der Waals surface area contributed by atoms with Crippen LogP contribution in [0.2, 0.25) is 5.02 Å². The molecule has 162 valence electrons. The van der Waals surface area contributed by atoms with Gasteiger partial charge in [-0.3, -0.25) is 0 Å². The summed E-state index contributed by atoms with van der Waals surface area (Å²) in [5.74, 6) is 2.10. The summed E-state index contributed by atoms with van der Waals surface area (Å²) in [4.78, 5) is 15.5. The lowest BCUT2D eigenvalue weighted by molar-refractivity contribution is 0.374. The quantitative estimate of drug-likeness (QED) is 0.641. The maximum absolute atomic E-state index is 13.7. The number of aromatic nitrogens is 5. The van der Waals surface area contributed by atoms with E-state index in [9.17, 15) is 4.39 Å². The molecule has 1 aromatic carbocycles. The number of fused-ring (bicyclic) bond motifs is 2. The third kappa shape index (κ3) is 3.89. The lowest BCUT2D eigenvalue weighted by Gasteiger charge is -2.38. The second kappa shape index (κ2) is 7.96. The molecular weight excluding hydrogens is 421 g/mol. The summed E-state index contributed by atoms with van der Waals surface area (Å²) in [6.07, 6.45) is 3.93. The molecule has 1 saturated heterocycles. The SMILES string of the molecule is Cc1cc(N2CC3CCC(C2)C3Nc2nc(Oc3cccc(F)c3Cl)n(C)n2)ncn1. The lowest BCUT2D eigenvalue weighted by Crippen LogP contribution is -2.48. The number of hydrogen-bond donors (Lipinski definition) is 1. The normalized spacial score (nSPS) is 22.6. The van der Waals surface area contributed by atoms with Gasteiger partial charge in [0.25, 0.3) is 0 Å². The van der Waals surface area contributed by atoms with Crippen LogP contribution in [0.5, 0.6) is 11.8 Å². The summed E-state index contributed by atoms with van der Waals surface area (Å²) >= 11 is 5.99. The molecule has 2 aromatic heterocycles. The third-order valence-electron chi connectivity index (χ3n) is 6.08. The zero-order valence-electron chi connectivity index (χ0n) is 17.3. The number of benzene rings is 1. The van der Waals surface area contributed by atoms with Crippen molar-refractivity contribution < 1.29 is 9.13 Å². The van der Waals surface area contributed by atoms with Crippen LogP contribution >= 0.6 is 11.6 Å². The highest BCUT2D eigenvalue weighted by Crippen LogP contribution is 2.40. The highest BCUT2D eigenvalue weighted by Gasteiger charge is 2.43. The second-order valence-electron chi connectivity index (χ2n) is 8.19. The molecule has 3 aromatic rings. The van der Waals surface area contributed by atoms with Crippen molar-refractivity contribution in [1.82, 2.24) is 24.7 Å². The van der Waals surface area contributed by atoms with Gasteiger partial charge in [0, 0.05) is 37.9 Å². The number of anilines is 2. The van der Waals surface area contributed by atoms with E-state index in [-0.39, 0.29) is 22.8 Å². The van der Waals surface area contributed by atoms with E-state index < -0.39 is 5.82 Å². The van der Waals surface area contributed by atoms with Gasteiger partial charge >= 0.3 is 6.01 Å². The maximum atomic E-state index is 13.7. The molecule has 1 saturated carbocycles. The van der Waals surface area contributed by atoms with Gasteiger partial charge in [0.1, 0.15) is 23.0 Å². The minimum atomic E-state index is -0.540. The Labute approximate surface area is 184 Å². The molecule has 8 nitrogen and oxygen atoms in total. The van der Waals surface area contributed by atoms with E-state index in [1.165, 1.54) is 16.8 Å². The molecule has 1 aliphatic heterocycles. The highest BCUT2D eigenvalue weighted by molar-refractivity contribution is 6.32. The minimum absolute atomic E-state index is 0.0783. The van der Waals surface area contributed by atoms with E-state index in [4.69, 9.17) is 16.3 Å². The van der Waals surface area contributed by atoms with E-state index in [2.05, 4.69) is 30.3 Å². The fourth-order valence-corrected chi connectivity index (χ4v) is 4.75. The van der Waals surface area contributed by atoms with Crippen molar-refractivity contribution >= 4 is 23.4 Å². The molecule has 0 radical (unpaired) electrons. The first-order chi connectivity index (χ1) is 15.0. The summed E-state index contributed by atoms with van der Waals surface area (Å²) < 4.78 is 20.9. The molecule has 0 spiro atoms. The van der Waals surface area contributed by atoms with Gasteiger partial charge in [-0.2, -0.15) is 4.98 Å². The first-order valence-corrected chi connectivity index (χ1v) is 10.7. The standard InChI is InChI=1S/C21H23ClFN7O/c1-12-8-17(25-11-24-12)30-9-13-6-7-14(10-30)19(13)26-20-27-21(29(2)28-20)31-16-5-3-4-15(23)18(16)22/h3-5,8,11,13-14,19H,6-7,9-10H2,1-2H3,(H,26,28). The third-order valence-corrected chi connectivity index (χ3v) is 6.45. The number of nitrogens with zero attached hydrogens (tertiary/aromatic N) is 6. The Morgan fingerprint density at radius 2 is 1.97 bits per heavy atom. The minimum Gasteiger partial charge on any atom is -0.423 e. The number of nitrogens with one attached hydrogen (secondary N) is 1. The number of rotatable bonds is 5. The molecule has 5 rings (SSSR count).